The van der Waals surface area contributed by atoms with Gasteiger partial charge in [-0.05, 0) is 56.4 Å². The van der Waals surface area contributed by atoms with Gasteiger partial charge in [0.05, 0.1) is 33.3 Å². The lowest BCUT2D eigenvalue weighted by atomic mass is 9.78. The molecule has 0 spiro atoms. The van der Waals surface area contributed by atoms with Crippen LogP contribution < -0.4 is 4.74 Å². The molecule has 10 nitrogen and oxygen atoms in total. The van der Waals surface area contributed by atoms with Crippen molar-refractivity contribution in [3.05, 3.63) is 42.2 Å². The Morgan fingerprint density at radius 3 is 2.63 bits per heavy atom. The highest BCUT2D eigenvalue weighted by Crippen LogP contribution is 2.59. The van der Waals surface area contributed by atoms with Crippen molar-refractivity contribution < 1.29 is 50.7 Å². The van der Waals surface area contributed by atoms with Gasteiger partial charge in [0.2, 0.25) is 0 Å². The predicted molar refractivity (Wildman–Crippen MR) is 126 cm³/mol. The monoisotopic (exact) mass is 551 g/mol. The van der Waals surface area contributed by atoms with E-state index in [0.29, 0.717) is 19.3 Å². The molecule has 0 aromatic heterocycles. The van der Waals surface area contributed by atoms with Crippen molar-refractivity contribution in [3.63, 3.8) is 0 Å². The molecule has 1 heterocycles. The molecule has 12 heteroatoms. The normalized spacial score (nSPS) is 30.9. The molecular weight excluding hydrogens is 523 g/mol. The summed E-state index contributed by atoms with van der Waals surface area (Å²) >= 11 is 0. The molecule has 0 amide bonds. The summed E-state index contributed by atoms with van der Waals surface area (Å²) in [7, 11) is -4.59. The highest BCUT2D eigenvalue weighted by molar-refractivity contribution is 7.85. The first-order valence-corrected chi connectivity index (χ1v) is 14.2. The largest absolute Gasteiger partial charge is 0.748 e. The molecule has 1 aliphatic heterocycles. The van der Waals surface area contributed by atoms with Crippen LogP contribution in [-0.4, -0.2) is 61.0 Å². The quantitative estimate of drug-likeness (QED) is 0.194. The van der Waals surface area contributed by atoms with E-state index in [9.17, 15) is 31.7 Å². The third-order valence-electron chi connectivity index (χ3n) is 8.19. The van der Waals surface area contributed by atoms with Crippen LogP contribution in [0.15, 0.2) is 30.9 Å². The second-order valence-corrected chi connectivity index (χ2v) is 11.9. The summed E-state index contributed by atoms with van der Waals surface area (Å²) in [6.07, 6.45) is 4.62. The van der Waals surface area contributed by atoms with Crippen LogP contribution in [-0.2, 0) is 33.9 Å². The third kappa shape index (κ3) is 4.91. The number of halogens is 1. The number of fused-ring (bicyclic) bond motifs is 1. The third-order valence-corrected chi connectivity index (χ3v) is 8.86. The summed E-state index contributed by atoms with van der Waals surface area (Å²) in [5.41, 5.74) is -0.696. The standard InChI is InChI=1S/C26H29FO10S/c1-2-26(8-4-3-5-9-26)37-18-12-14(6-7-17(18)27)23(28)35-21-15-13-16-20(25(30)36-22(16)21)19(15)24(29)34-10-11-38(31,32)33/h2,6-7,12,15-16,19-22H,1,3-5,8-11,13H2,(H,31,32,33)/p-1. The van der Waals surface area contributed by atoms with Crippen molar-refractivity contribution in [3.8, 4) is 5.75 Å². The van der Waals surface area contributed by atoms with E-state index in [-0.39, 0.29) is 17.2 Å². The van der Waals surface area contributed by atoms with Crippen molar-refractivity contribution in [1.29, 1.82) is 0 Å². The van der Waals surface area contributed by atoms with Gasteiger partial charge in [0.15, 0.2) is 11.6 Å². The average molecular weight is 552 g/mol. The molecular formula is C26H28FO10S-. The first-order valence-electron chi connectivity index (χ1n) is 12.7. The lowest BCUT2D eigenvalue weighted by Crippen LogP contribution is -2.44. The van der Waals surface area contributed by atoms with E-state index in [2.05, 4.69) is 6.58 Å². The van der Waals surface area contributed by atoms with Gasteiger partial charge in [0.25, 0.3) is 0 Å². The number of carbonyl (C=O) groups is 3. The maximum absolute atomic E-state index is 14.6. The van der Waals surface area contributed by atoms with E-state index in [1.807, 2.05) is 0 Å². The molecule has 2 bridgehead atoms. The van der Waals surface area contributed by atoms with Crippen molar-refractivity contribution >= 4 is 28.0 Å². The number of esters is 3. The molecule has 1 aromatic rings. The fraction of sp³-hybridized carbons (Fsp3) is 0.577. The van der Waals surface area contributed by atoms with Gasteiger partial charge in [-0.2, -0.15) is 0 Å². The fourth-order valence-corrected chi connectivity index (χ4v) is 6.71. The molecule has 0 N–H and O–H groups in total. The van der Waals surface area contributed by atoms with Gasteiger partial charge in [0.1, 0.15) is 24.4 Å². The van der Waals surface area contributed by atoms with Gasteiger partial charge in [0, 0.05) is 11.8 Å². The van der Waals surface area contributed by atoms with Gasteiger partial charge in [-0.25, -0.2) is 17.6 Å². The zero-order valence-corrected chi connectivity index (χ0v) is 21.3. The van der Waals surface area contributed by atoms with Crippen LogP contribution in [0.5, 0.6) is 5.75 Å². The highest BCUT2D eigenvalue weighted by atomic mass is 32.2. The number of carbonyl (C=O) groups excluding carboxylic acids is 3. The van der Waals surface area contributed by atoms with Gasteiger partial charge in [-0.3, -0.25) is 9.59 Å². The van der Waals surface area contributed by atoms with Crippen LogP contribution in [0.25, 0.3) is 0 Å². The molecule has 1 saturated heterocycles. The maximum Gasteiger partial charge on any atom is 0.338 e. The lowest BCUT2D eigenvalue weighted by molar-refractivity contribution is -0.155. The summed E-state index contributed by atoms with van der Waals surface area (Å²) in [5, 5.41) is 0. The molecule has 38 heavy (non-hydrogen) atoms. The summed E-state index contributed by atoms with van der Waals surface area (Å²) in [6.45, 7) is 3.21. The Morgan fingerprint density at radius 2 is 1.95 bits per heavy atom. The van der Waals surface area contributed by atoms with Gasteiger partial charge in [-0.15, -0.1) is 0 Å². The Bertz CT molecular complexity index is 1250. The van der Waals surface area contributed by atoms with Crippen LogP contribution in [0.4, 0.5) is 4.39 Å². The molecule has 3 saturated carbocycles. The van der Waals surface area contributed by atoms with E-state index >= 15 is 0 Å². The first kappa shape index (κ1) is 26.6. The summed E-state index contributed by atoms with van der Waals surface area (Å²) in [5.74, 6) is -6.62. The average Bonchev–Trinajstić information content (AvgIpc) is 3.49. The smallest absolute Gasteiger partial charge is 0.338 e. The zero-order valence-electron chi connectivity index (χ0n) is 20.5. The number of hydrogen-bond acceptors (Lipinski definition) is 10. The van der Waals surface area contributed by atoms with Crippen LogP contribution in [0.1, 0.15) is 48.9 Å². The lowest BCUT2D eigenvalue weighted by Gasteiger charge is -2.35. The Morgan fingerprint density at radius 1 is 1.21 bits per heavy atom. The van der Waals surface area contributed by atoms with Crippen LogP contribution in [0.3, 0.4) is 0 Å². The Kier molecular flexibility index (Phi) is 6.97. The Labute approximate surface area is 219 Å². The molecule has 206 valence electrons. The van der Waals surface area contributed by atoms with E-state index < -0.39 is 81.8 Å². The SMILES string of the molecule is C=CC1(Oc2cc(C(=O)OC3C4CC5C3OC(=O)C5C4C(=O)OCCS(=O)(=O)[O-])ccc2F)CCCCC1. The minimum Gasteiger partial charge on any atom is -0.748 e. The molecule has 4 aliphatic rings. The second-order valence-electron chi connectivity index (χ2n) is 10.4. The van der Waals surface area contributed by atoms with E-state index in [1.165, 1.54) is 12.1 Å². The molecule has 4 fully saturated rings. The minimum atomic E-state index is -4.59. The second kappa shape index (κ2) is 9.96. The minimum absolute atomic E-state index is 0.0276. The van der Waals surface area contributed by atoms with Gasteiger partial charge >= 0.3 is 17.9 Å². The number of ether oxygens (including phenoxy) is 4. The summed E-state index contributed by atoms with van der Waals surface area (Å²) < 4.78 is 69.2. The van der Waals surface area contributed by atoms with Crippen molar-refractivity contribution in [2.45, 2.75) is 56.3 Å². The van der Waals surface area contributed by atoms with E-state index in [0.717, 1.165) is 25.3 Å². The maximum atomic E-state index is 14.6. The highest BCUT2D eigenvalue weighted by Gasteiger charge is 2.70. The predicted octanol–water partition coefficient (Wildman–Crippen LogP) is 2.51. The number of rotatable bonds is 9. The van der Waals surface area contributed by atoms with Crippen molar-refractivity contribution in [1.82, 2.24) is 0 Å². The molecule has 0 radical (unpaired) electrons. The molecule has 3 aliphatic carbocycles. The fourth-order valence-electron chi connectivity index (χ4n) is 6.43. The molecule has 1 aromatic carbocycles. The van der Waals surface area contributed by atoms with Crippen molar-refractivity contribution in [2.24, 2.45) is 23.7 Å². The van der Waals surface area contributed by atoms with E-state index in [1.54, 1.807) is 6.08 Å². The topological polar surface area (TPSA) is 145 Å². The number of benzene rings is 1. The molecule has 6 unspecified atom stereocenters. The number of hydrogen-bond donors (Lipinski definition) is 0. The summed E-state index contributed by atoms with van der Waals surface area (Å²) in [4.78, 5) is 38.4. The zero-order chi connectivity index (χ0) is 27.2. The summed E-state index contributed by atoms with van der Waals surface area (Å²) in [6, 6.07) is 3.64. The van der Waals surface area contributed by atoms with Gasteiger partial charge in [-0.1, -0.05) is 13.0 Å². The Hall–Kier alpha value is -2.99. The van der Waals surface area contributed by atoms with Crippen molar-refractivity contribution in [2.75, 3.05) is 12.4 Å². The van der Waals surface area contributed by atoms with Gasteiger partial charge < -0.3 is 23.5 Å². The molecule has 5 rings (SSSR count). The van der Waals surface area contributed by atoms with Crippen LogP contribution in [0, 0.1) is 29.5 Å². The van der Waals surface area contributed by atoms with Crippen LogP contribution >= 0.6 is 0 Å². The van der Waals surface area contributed by atoms with Crippen LogP contribution in [0.2, 0.25) is 0 Å². The first-order chi connectivity index (χ1) is 18.0. The molecule has 6 atom stereocenters. The van der Waals surface area contributed by atoms with E-state index in [4.69, 9.17) is 18.9 Å². The Balaban J connectivity index is 1.31.